The highest BCUT2D eigenvalue weighted by atomic mass is 35.5. The Balaban J connectivity index is 0.000000424. The zero-order valence-electron chi connectivity index (χ0n) is 7.88. The Labute approximate surface area is 83.9 Å². The van der Waals surface area contributed by atoms with Gasteiger partial charge >= 0.3 is 0 Å². The van der Waals surface area contributed by atoms with Gasteiger partial charge in [0.25, 0.3) is 0 Å². The fourth-order valence-electron chi connectivity index (χ4n) is 0.806. The number of aldehydes is 1. The van der Waals surface area contributed by atoms with Crippen molar-refractivity contribution in [2.45, 2.75) is 13.5 Å². The number of rotatable bonds is 2. The minimum absolute atomic E-state index is 0.750. The second kappa shape index (κ2) is 7.77. The van der Waals surface area contributed by atoms with Crippen molar-refractivity contribution in [2.24, 2.45) is 0 Å². The fourth-order valence-corrected chi connectivity index (χ4v) is 0.932. The Kier molecular flexibility index (Phi) is 7.26. The van der Waals surface area contributed by atoms with E-state index in [2.05, 4.69) is 5.32 Å². The molecule has 0 radical (unpaired) electrons. The van der Waals surface area contributed by atoms with Crippen molar-refractivity contribution >= 4 is 17.9 Å². The molecule has 0 atom stereocenters. The van der Waals surface area contributed by atoms with Gasteiger partial charge in [-0.15, -0.1) is 0 Å². The molecule has 0 aliphatic heterocycles. The predicted molar refractivity (Wildman–Crippen MR) is 56.0 cm³/mol. The minimum Gasteiger partial charge on any atom is -0.316 e. The SMILES string of the molecule is CC=O.CNCc1ccc(Cl)cc1. The summed E-state index contributed by atoms with van der Waals surface area (Å²) in [5, 5.41) is 3.85. The van der Waals surface area contributed by atoms with E-state index < -0.39 is 0 Å². The molecule has 2 nitrogen and oxygen atoms in total. The summed E-state index contributed by atoms with van der Waals surface area (Å²) in [5.74, 6) is 0. The van der Waals surface area contributed by atoms with Crippen molar-refractivity contribution in [3.05, 3.63) is 34.9 Å². The first-order valence-electron chi connectivity index (χ1n) is 4.03. The van der Waals surface area contributed by atoms with Crippen molar-refractivity contribution in [3.63, 3.8) is 0 Å². The average molecular weight is 200 g/mol. The van der Waals surface area contributed by atoms with Gasteiger partial charge in [0, 0.05) is 11.6 Å². The van der Waals surface area contributed by atoms with E-state index in [-0.39, 0.29) is 0 Å². The van der Waals surface area contributed by atoms with Crippen LogP contribution in [0.5, 0.6) is 0 Å². The van der Waals surface area contributed by atoms with Crippen LogP contribution in [-0.2, 0) is 11.3 Å². The molecule has 0 amide bonds. The third-order valence-corrected chi connectivity index (χ3v) is 1.55. The molecule has 0 unspecified atom stereocenters. The number of nitrogens with one attached hydrogen (secondary N) is 1. The van der Waals surface area contributed by atoms with Gasteiger partial charge in [-0.1, -0.05) is 23.7 Å². The molecule has 0 saturated carbocycles. The summed E-state index contributed by atoms with van der Waals surface area (Å²) in [6.07, 6.45) is 0.750. The van der Waals surface area contributed by atoms with Crippen LogP contribution in [0.1, 0.15) is 12.5 Å². The van der Waals surface area contributed by atoms with E-state index in [0.717, 1.165) is 17.9 Å². The van der Waals surface area contributed by atoms with E-state index in [4.69, 9.17) is 16.4 Å². The second-order valence-corrected chi connectivity index (χ2v) is 2.83. The molecule has 72 valence electrons. The van der Waals surface area contributed by atoms with Gasteiger partial charge in [0.05, 0.1) is 0 Å². The standard InChI is InChI=1S/C8H10ClN.C2H4O/c1-10-6-7-2-4-8(9)5-3-7;1-2-3/h2-5,10H,6H2,1H3;2H,1H3. The van der Waals surface area contributed by atoms with E-state index in [9.17, 15) is 0 Å². The summed E-state index contributed by atoms with van der Waals surface area (Å²) < 4.78 is 0. The van der Waals surface area contributed by atoms with Crippen molar-refractivity contribution in [1.29, 1.82) is 0 Å². The van der Waals surface area contributed by atoms with Gasteiger partial charge < -0.3 is 10.1 Å². The summed E-state index contributed by atoms with van der Waals surface area (Å²) in [6.45, 7) is 2.34. The van der Waals surface area contributed by atoms with Crippen molar-refractivity contribution < 1.29 is 4.79 Å². The largest absolute Gasteiger partial charge is 0.316 e. The van der Waals surface area contributed by atoms with Crippen molar-refractivity contribution in [3.8, 4) is 0 Å². The van der Waals surface area contributed by atoms with Crippen LogP contribution >= 0.6 is 11.6 Å². The molecule has 0 aliphatic rings. The van der Waals surface area contributed by atoms with Gasteiger partial charge in [-0.25, -0.2) is 0 Å². The van der Waals surface area contributed by atoms with Crippen LogP contribution in [0.25, 0.3) is 0 Å². The first kappa shape index (κ1) is 12.1. The first-order valence-corrected chi connectivity index (χ1v) is 4.41. The molecule has 0 fully saturated rings. The molecule has 1 aromatic rings. The van der Waals surface area contributed by atoms with Gasteiger partial charge in [0.2, 0.25) is 0 Å². The number of carbonyl (C=O) groups is 1. The van der Waals surface area contributed by atoms with Gasteiger partial charge in [-0.05, 0) is 31.7 Å². The third-order valence-electron chi connectivity index (χ3n) is 1.29. The quantitative estimate of drug-likeness (QED) is 0.741. The Morgan fingerprint density at radius 1 is 1.38 bits per heavy atom. The summed E-state index contributed by atoms with van der Waals surface area (Å²) in [6, 6.07) is 7.82. The fraction of sp³-hybridized carbons (Fsp3) is 0.300. The lowest BCUT2D eigenvalue weighted by molar-refractivity contribution is -0.106. The Bertz CT molecular complexity index is 233. The Hall–Kier alpha value is -0.860. The topological polar surface area (TPSA) is 29.1 Å². The van der Waals surface area contributed by atoms with E-state index in [1.165, 1.54) is 12.5 Å². The van der Waals surface area contributed by atoms with Crippen LogP contribution in [0.3, 0.4) is 0 Å². The summed E-state index contributed by atoms with van der Waals surface area (Å²) in [4.78, 5) is 8.81. The normalized spacial score (nSPS) is 8.54. The molecule has 0 saturated heterocycles. The molecule has 13 heavy (non-hydrogen) atoms. The molecule has 1 N–H and O–H groups in total. The lowest BCUT2D eigenvalue weighted by Crippen LogP contribution is -2.04. The third kappa shape index (κ3) is 6.31. The highest BCUT2D eigenvalue weighted by Gasteiger charge is 1.88. The highest BCUT2D eigenvalue weighted by Crippen LogP contribution is 2.08. The van der Waals surface area contributed by atoms with Crippen LogP contribution in [-0.4, -0.2) is 13.3 Å². The van der Waals surface area contributed by atoms with Gasteiger partial charge in [0.1, 0.15) is 6.29 Å². The zero-order chi connectivity index (χ0) is 10.1. The number of hydrogen-bond donors (Lipinski definition) is 1. The molecular weight excluding hydrogens is 186 g/mol. The molecule has 0 aliphatic carbocycles. The van der Waals surface area contributed by atoms with Crippen LogP contribution in [0.15, 0.2) is 24.3 Å². The number of halogens is 1. The number of carbonyl (C=O) groups excluding carboxylic acids is 1. The molecule has 3 heteroatoms. The first-order chi connectivity index (χ1) is 6.24. The van der Waals surface area contributed by atoms with E-state index >= 15 is 0 Å². The van der Waals surface area contributed by atoms with E-state index in [0.29, 0.717) is 0 Å². The molecule has 0 heterocycles. The lowest BCUT2D eigenvalue weighted by Gasteiger charge is -1.97. The molecule has 0 bridgehead atoms. The number of benzene rings is 1. The lowest BCUT2D eigenvalue weighted by atomic mass is 10.2. The molecule has 1 aromatic carbocycles. The van der Waals surface area contributed by atoms with Gasteiger partial charge in [-0.3, -0.25) is 0 Å². The van der Waals surface area contributed by atoms with Crippen LogP contribution in [0, 0.1) is 0 Å². The second-order valence-electron chi connectivity index (χ2n) is 2.39. The average Bonchev–Trinajstić information content (AvgIpc) is 2.11. The van der Waals surface area contributed by atoms with E-state index in [1.54, 1.807) is 0 Å². The Morgan fingerprint density at radius 2 is 1.85 bits per heavy atom. The minimum atomic E-state index is 0.750. The van der Waals surface area contributed by atoms with Crippen LogP contribution < -0.4 is 5.32 Å². The molecule has 0 spiro atoms. The monoisotopic (exact) mass is 199 g/mol. The van der Waals surface area contributed by atoms with E-state index in [1.807, 2.05) is 31.3 Å². The number of hydrogen-bond acceptors (Lipinski definition) is 2. The summed E-state index contributed by atoms with van der Waals surface area (Å²) >= 11 is 5.69. The zero-order valence-corrected chi connectivity index (χ0v) is 8.64. The smallest absolute Gasteiger partial charge is 0.116 e. The maximum atomic E-state index is 8.81. The van der Waals surface area contributed by atoms with Gasteiger partial charge in [0.15, 0.2) is 0 Å². The maximum Gasteiger partial charge on any atom is 0.116 e. The van der Waals surface area contributed by atoms with Gasteiger partial charge in [-0.2, -0.15) is 0 Å². The summed E-state index contributed by atoms with van der Waals surface area (Å²) in [5.41, 5.74) is 1.26. The molecular formula is C10H14ClNO. The molecule has 0 aromatic heterocycles. The van der Waals surface area contributed by atoms with Crippen molar-refractivity contribution in [1.82, 2.24) is 5.32 Å². The van der Waals surface area contributed by atoms with Crippen LogP contribution in [0.4, 0.5) is 0 Å². The Morgan fingerprint density at radius 3 is 2.23 bits per heavy atom. The van der Waals surface area contributed by atoms with Crippen molar-refractivity contribution in [2.75, 3.05) is 7.05 Å². The maximum absolute atomic E-state index is 8.81. The summed E-state index contributed by atoms with van der Waals surface area (Å²) in [7, 11) is 1.93. The highest BCUT2D eigenvalue weighted by molar-refractivity contribution is 6.30. The molecule has 1 rings (SSSR count). The van der Waals surface area contributed by atoms with Crippen LogP contribution in [0.2, 0.25) is 5.02 Å². The predicted octanol–water partition coefficient (Wildman–Crippen LogP) is 2.26.